The minimum atomic E-state index is -0.235. The summed E-state index contributed by atoms with van der Waals surface area (Å²) in [6, 6.07) is 21.5. The van der Waals surface area contributed by atoms with Crippen molar-refractivity contribution < 1.29 is 9.59 Å². The van der Waals surface area contributed by atoms with Gasteiger partial charge in [0.15, 0.2) is 0 Å². The summed E-state index contributed by atoms with van der Waals surface area (Å²) in [6.45, 7) is 0. The molecule has 26 heavy (non-hydrogen) atoms. The van der Waals surface area contributed by atoms with Crippen LogP contribution in [0.1, 0.15) is 20.7 Å². The summed E-state index contributed by atoms with van der Waals surface area (Å²) >= 11 is 5.54. The molecule has 0 saturated heterocycles. The van der Waals surface area contributed by atoms with Gasteiger partial charge in [0.25, 0.3) is 11.8 Å². The van der Waals surface area contributed by atoms with Crippen LogP contribution in [0, 0.1) is 3.57 Å². The Balaban J connectivity index is 1.73. The summed E-state index contributed by atoms with van der Waals surface area (Å²) in [7, 11) is 0. The second kappa shape index (κ2) is 8.46. The van der Waals surface area contributed by atoms with Crippen LogP contribution in [0.25, 0.3) is 0 Å². The Hall–Kier alpha value is -2.19. The average molecular weight is 521 g/mol. The number of nitrogens with one attached hydrogen (secondary N) is 2. The number of amides is 2. The zero-order valence-electron chi connectivity index (χ0n) is 13.5. The van der Waals surface area contributed by atoms with Crippen LogP contribution in [0.5, 0.6) is 0 Å². The highest BCUT2D eigenvalue weighted by atomic mass is 127. The highest BCUT2D eigenvalue weighted by Crippen LogP contribution is 2.17. The molecule has 0 atom stereocenters. The smallest absolute Gasteiger partial charge is 0.255 e. The largest absolute Gasteiger partial charge is 0.322 e. The van der Waals surface area contributed by atoms with E-state index in [2.05, 4.69) is 49.2 Å². The number of hydrogen-bond donors (Lipinski definition) is 2. The first-order chi connectivity index (χ1) is 12.5. The molecule has 3 aromatic carbocycles. The standard InChI is InChI=1S/C20H14BrIN2O2/c21-15-6-1-4-13(10-15)19(25)23-17-8-2-5-14(11-17)20(26)24-18-9-3-7-16(22)12-18/h1-12H,(H,23,25)(H,24,26). The molecule has 0 aliphatic carbocycles. The van der Waals surface area contributed by atoms with E-state index in [1.54, 1.807) is 42.5 Å². The van der Waals surface area contributed by atoms with Crippen molar-refractivity contribution in [3.63, 3.8) is 0 Å². The van der Waals surface area contributed by atoms with Crippen LogP contribution in [0.3, 0.4) is 0 Å². The number of rotatable bonds is 4. The summed E-state index contributed by atoms with van der Waals surface area (Å²) in [5.74, 6) is -0.466. The van der Waals surface area contributed by atoms with Crippen molar-refractivity contribution in [3.05, 3.63) is 92.0 Å². The third-order valence-electron chi connectivity index (χ3n) is 3.55. The quantitative estimate of drug-likeness (QED) is 0.442. The minimum Gasteiger partial charge on any atom is -0.322 e. The van der Waals surface area contributed by atoms with Gasteiger partial charge < -0.3 is 10.6 Å². The van der Waals surface area contributed by atoms with Gasteiger partial charge >= 0.3 is 0 Å². The molecule has 4 nitrogen and oxygen atoms in total. The fourth-order valence-corrected chi connectivity index (χ4v) is 3.28. The molecule has 0 bridgehead atoms. The Kier molecular flexibility index (Phi) is 6.05. The zero-order valence-corrected chi connectivity index (χ0v) is 17.2. The van der Waals surface area contributed by atoms with Gasteiger partial charge in [-0.1, -0.05) is 34.1 Å². The first-order valence-corrected chi connectivity index (χ1v) is 9.62. The van der Waals surface area contributed by atoms with Gasteiger partial charge in [-0.3, -0.25) is 9.59 Å². The van der Waals surface area contributed by atoms with Crippen LogP contribution in [0.4, 0.5) is 11.4 Å². The van der Waals surface area contributed by atoms with E-state index in [-0.39, 0.29) is 11.8 Å². The van der Waals surface area contributed by atoms with E-state index in [9.17, 15) is 9.59 Å². The number of halogens is 2. The molecule has 3 aromatic rings. The highest BCUT2D eigenvalue weighted by molar-refractivity contribution is 14.1. The van der Waals surface area contributed by atoms with Crippen molar-refractivity contribution in [3.8, 4) is 0 Å². The molecular formula is C20H14BrIN2O2. The van der Waals surface area contributed by atoms with E-state index in [1.165, 1.54) is 0 Å². The first-order valence-electron chi connectivity index (χ1n) is 7.75. The van der Waals surface area contributed by atoms with Crippen LogP contribution in [-0.2, 0) is 0 Å². The lowest BCUT2D eigenvalue weighted by Crippen LogP contribution is -2.14. The average Bonchev–Trinajstić information content (AvgIpc) is 2.62. The van der Waals surface area contributed by atoms with Crippen molar-refractivity contribution in [1.82, 2.24) is 0 Å². The van der Waals surface area contributed by atoms with Crippen LogP contribution < -0.4 is 10.6 Å². The van der Waals surface area contributed by atoms with E-state index < -0.39 is 0 Å². The Morgan fingerprint density at radius 2 is 1.27 bits per heavy atom. The Morgan fingerprint density at radius 1 is 0.731 bits per heavy atom. The third kappa shape index (κ3) is 4.92. The maximum Gasteiger partial charge on any atom is 0.255 e. The molecule has 0 saturated carbocycles. The van der Waals surface area contributed by atoms with Crippen LogP contribution >= 0.6 is 38.5 Å². The lowest BCUT2D eigenvalue weighted by molar-refractivity contribution is 0.101. The second-order valence-corrected chi connectivity index (χ2v) is 7.67. The van der Waals surface area contributed by atoms with E-state index in [0.29, 0.717) is 16.8 Å². The Bertz CT molecular complexity index is 975. The maximum absolute atomic E-state index is 12.4. The predicted molar refractivity (Wildman–Crippen MR) is 116 cm³/mol. The molecule has 0 heterocycles. The van der Waals surface area contributed by atoms with Gasteiger partial charge in [-0.2, -0.15) is 0 Å². The molecule has 6 heteroatoms. The van der Waals surface area contributed by atoms with Crippen molar-refractivity contribution in [2.24, 2.45) is 0 Å². The van der Waals surface area contributed by atoms with Gasteiger partial charge in [-0.25, -0.2) is 0 Å². The number of hydrogen-bond acceptors (Lipinski definition) is 2. The van der Waals surface area contributed by atoms with Crippen molar-refractivity contribution in [2.45, 2.75) is 0 Å². The minimum absolute atomic E-state index is 0.231. The van der Waals surface area contributed by atoms with E-state index in [4.69, 9.17) is 0 Å². The molecule has 0 unspecified atom stereocenters. The lowest BCUT2D eigenvalue weighted by atomic mass is 10.1. The summed E-state index contributed by atoms with van der Waals surface area (Å²) in [5.41, 5.74) is 2.29. The first kappa shape index (κ1) is 18.6. The second-order valence-electron chi connectivity index (χ2n) is 5.51. The van der Waals surface area contributed by atoms with Gasteiger partial charge in [0, 0.05) is 30.5 Å². The molecular weight excluding hydrogens is 507 g/mol. The predicted octanol–water partition coefficient (Wildman–Crippen LogP) is 5.56. The van der Waals surface area contributed by atoms with E-state index in [0.717, 1.165) is 13.7 Å². The molecule has 2 N–H and O–H groups in total. The van der Waals surface area contributed by atoms with Crippen LogP contribution in [0.2, 0.25) is 0 Å². The molecule has 130 valence electrons. The molecule has 2 amide bonds. The monoisotopic (exact) mass is 520 g/mol. The maximum atomic E-state index is 12.4. The summed E-state index contributed by atoms with van der Waals surface area (Å²) in [4.78, 5) is 24.8. The van der Waals surface area contributed by atoms with E-state index in [1.807, 2.05) is 30.3 Å². The fraction of sp³-hybridized carbons (Fsp3) is 0. The molecule has 0 fully saturated rings. The number of carbonyl (C=O) groups excluding carboxylic acids is 2. The number of carbonyl (C=O) groups is 2. The molecule has 0 spiro atoms. The van der Waals surface area contributed by atoms with Gasteiger partial charge in [0.1, 0.15) is 0 Å². The van der Waals surface area contributed by atoms with Gasteiger partial charge in [-0.15, -0.1) is 0 Å². The molecule has 0 aliphatic rings. The SMILES string of the molecule is O=C(Nc1cccc(C(=O)Nc2cccc(I)c2)c1)c1cccc(Br)c1. The lowest BCUT2D eigenvalue weighted by Gasteiger charge is -2.09. The number of anilines is 2. The van der Waals surface area contributed by atoms with Crippen LogP contribution in [0.15, 0.2) is 77.3 Å². The van der Waals surface area contributed by atoms with Crippen molar-refractivity contribution in [1.29, 1.82) is 0 Å². The fourth-order valence-electron chi connectivity index (χ4n) is 2.34. The number of benzene rings is 3. The molecule has 3 rings (SSSR count). The summed E-state index contributed by atoms with van der Waals surface area (Å²) < 4.78 is 1.87. The van der Waals surface area contributed by atoms with Crippen molar-refractivity contribution in [2.75, 3.05) is 10.6 Å². The third-order valence-corrected chi connectivity index (χ3v) is 4.72. The van der Waals surface area contributed by atoms with Crippen molar-refractivity contribution >= 4 is 61.7 Å². The molecule has 0 aromatic heterocycles. The Labute approximate surface area is 173 Å². The van der Waals surface area contributed by atoms with Crippen LogP contribution in [-0.4, -0.2) is 11.8 Å². The zero-order chi connectivity index (χ0) is 18.5. The Morgan fingerprint density at radius 3 is 1.88 bits per heavy atom. The van der Waals surface area contributed by atoms with Gasteiger partial charge in [0.2, 0.25) is 0 Å². The topological polar surface area (TPSA) is 58.2 Å². The highest BCUT2D eigenvalue weighted by Gasteiger charge is 2.10. The molecule has 0 radical (unpaired) electrons. The van der Waals surface area contributed by atoms with E-state index >= 15 is 0 Å². The van der Waals surface area contributed by atoms with Gasteiger partial charge in [0.05, 0.1) is 0 Å². The van der Waals surface area contributed by atoms with Gasteiger partial charge in [-0.05, 0) is 77.2 Å². The normalized spacial score (nSPS) is 10.2. The summed E-state index contributed by atoms with van der Waals surface area (Å²) in [5, 5.41) is 5.67. The molecule has 0 aliphatic heterocycles. The summed E-state index contributed by atoms with van der Waals surface area (Å²) in [6.07, 6.45) is 0.